The van der Waals surface area contributed by atoms with Crippen molar-refractivity contribution in [3.8, 4) is 0 Å². The second-order valence-electron chi connectivity index (χ2n) is 2.40. The third-order valence-corrected chi connectivity index (χ3v) is 2.06. The van der Waals surface area contributed by atoms with Crippen LogP contribution in [0.15, 0.2) is 0 Å². The minimum atomic E-state index is -4.07. The largest absolute Gasteiger partial charge is 1.00 e. The Bertz CT molecular complexity index is 195. The van der Waals surface area contributed by atoms with Gasteiger partial charge in [-0.2, -0.15) is 0 Å². The predicted molar refractivity (Wildman–Crippen MR) is 40.8 cm³/mol. The van der Waals surface area contributed by atoms with E-state index in [0.29, 0.717) is 19.4 Å². The first-order chi connectivity index (χ1) is 4.95. The fourth-order valence-electron chi connectivity index (χ4n) is 0.640. The van der Waals surface area contributed by atoms with Gasteiger partial charge >= 0.3 is 51.4 Å². The summed E-state index contributed by atoms with van der Waals surface area (Å²) in [5.41, 5.74) is 10.5. The molecule has 0 aliphatic heterocycles. The van der Waals surface area contributed by atoms with Crippen LogP contribution in [0.4, 0.5) is 0 Å². The summed E-state index contributed by atoms with van der Waals surface area (Å²) in [7, 11) is -4.07. The molecule has 0 aromatic rings. The van der Waals surface area contributed by atoms with Crippen molar-refractivity contribution in [1.82, 2.24) is 0 Å². The zero-order valence-corrected chi connectivity index (χ0v) is 11.1. The van der Waals surface area contributed by atoms with Crippen LogP contribution in [-0.2, 0) is 10.1 Å². The molecular weight excluding hydrogens is 207 g/mol. The predicted octanol–water partition coefficient (Wildman–Crippen LogP) is -4.40. The van der Waals surface area contributed by atoms with Crippen LogP contribution in [-0.4, -0.2) is 31.3 Å². The van der Waals surface area contributed by atoms with Gasteiger partial charge in [0.1, 0.15) is 0 Å². The molecule has 5 nitrogen and oxygen atoms in total. The van der Waals surface area contributed by atoms with E-state index in [1.807, 2.05) is 0 Å². The molecule has 0 aliphatic rings. The Balaban J connectivity index is 0. The molecule has 0 saturated carbocycles. The average molecular weight is 220 g/mol. The van der Waals surface area contributed by atoms with E-state index in [4.69, 9.17) is 11.5 Å². The third kappa shape index (κ3) is 11.5. The number of nitrogens with two attached hydrogens (primary N) is 2. The molecular formula is C5H13KN2O3S. The molecule has 0 aromatic heterocycles. The Hall–Kier alpha value is 1.47. The Morgan fingerprint density at radius 3 is 2.25 bits per heavy atom. The summed E-state index contributed by atoms with van der Waals surface area (Å²) < 4.78 is 30.2. The normalized spacial score (nSPS) is 13.6. The third-order valence-electron chi connectivity index (χ3n) is 1.27. The van der Waals surface area contributed by atoms with Crippen molar-refractivity contribution in [1.29, 1.82) is 0 Å². The van der Waals surface area contributed by atoms with Crippen LogP contribution in [0.5, 0.6) is 0 Å². The first-order valence-electron chi connectivity index (χ1n) is 3.35. The first-order valence-corrected chi connectivity index (χ1v) is 4.92. The zero-order chi connectivity index (χ0) is 8.91. The quantitative estimate of drug-likeness (QED) is 0.359. The van der Waals surface area contributed by atoms with Gasteiger partial charge < -0.3 is 16.0 Å². The van der Waals surface area contributed by atoms with Gasteiger partial charge in [0.2, 0.25) is 0 Å². The van der Waals surface area contributed by atoms with Crippen LogP contribution in [0, 0.1) is 0 Å². The number of hydrogen-bond donors (Lipinski definition) is 2. The summed E-state index contributed by atoms with van der Waals surface area (Å²) >= 11 is 0. The molecule has 0 radical (unpaired) electrons. The maximum Gasteiger partial charge on any atom is 1.00 e. The average Bonchev–Trinajstić information content (AvgIpc) is 1.85. The standard InChI is InChI=1S/C5H14N2O3S.K/c6-4-5(7)2-1-3-11(8,9)10;/h5H,1-4,6-7H2,(H,8,9,10);/q;+1/p-1. The molecule has 7 heteroatoms. The molecule has 0 bridgehead atoms. The van der Waals surface area contributed by atoms with E-state index in [1.54, 1.807) is 0 Å². The number of rotatable bonds is 5. The first kappa shape index (κ1) is 15.9. The Labute approximate surface area is 115 Å². The minimum absolute atomic E-state index is 0. The molecule has 0 aliphatic carbocycles. The smallest absolute Gasteiger partial charge is 0.748 e. The van der Waals surface area contributed by atoms with Gasteiger partial charge in [-0.15, -0.1) is 0 Å². The minimum Gasteiger partial charge on any atom is -0.748 e. The van der Waals surface area contributed by atoms with Gasteiger partial charge in [0.15, 0.2) is 0 Å². The van der Waals surface area contributed by atoms with E-state index >= 15 is 0 Å². The van der Waals surface area contributed by atoms with Crippen LogP contribution in [0.1, 0.15) is 12.8 Å². The molecule has 0 rings (SSSR count). The van der Waals surface area contributed by atoms with E-state index in [-0.39, 0.29) is 63.2 Å². The Morgan fingerprint density at radius 2 is 1.92 bits per heavy atom. The van der Waals surface area contributed by atoms with Crippen LogP contribution >= 0.6 is 0 Å². The summed E-state index contributed by atoms with van der Waals surface area (Å²) in [6.07, 6.45) is 0.780. The topological polar surface area (TPSA) is 109 Å². The molecule has 68 valence electrons. The molecule has 0 heterocycles. The van der Waals surface area contributed by atoms with Gasteiger partial charge in [-0.25, -0.2) is 8.42 Å². The van der Waals surface area contributed by atoms with Gasteiger partial charge in [-0.1, -0.05) is 0 Å². The van der Waals surface area contributed by atoms with Crippen LogP contribution in [0.3, 0.4) is 0 Å². The number of hydrogen-bond acceptors (Lipinski definition) is 5. The van der Waals surface area contributed by atoms with Gasteiger partial charge in [0.05, 0.1) is 10.1 Å². The molecule has 1 unspecified atom stereocenters. The van der Waals surface area contributed by atoms with Crippen molar-refractivity contribution in [2.24, 2.45) is 11.5 Å². The van der Waals surface area contributed by atoms with Crippen LogP contribution in [0.2, 0.25) is 0 Å². The van der Waals surface area contributed by atoms with E-state index in [9.17, 15) is 13.0 Å². The van der Waals surface area contributed by atoms with E-state index in [1.165, 1.54) is 0 Å². The van der Waals surface area contributed by atoms with Crippen molar-refractivity contribution in [3.05, 3.63) is 0 Å². The van der Waals surface area contributed by atoms with Crippen molar-refractivity contribution in [3.63, 3.8) is 0 Å². The fraction of sp³-hybridized carbons (Fsp3) is 1.00. The second-order valence-corrected chi connectivity index (χ2v) is 3.92. The maximum atomic E-state index is 10.1. The van der Waals surface area contributed by atoms with Gasteiger partial charge in [0.25, 0.3) is 0 Å². The molecule has 12 heavy (non-hydrogen) atoms. The molecule has 0 spiro atoms. The van der Waals surface area contributed by atoms with Gasteiger partial charge in [0, 0.05) is 18.3 Å². The Kier molecular flexibility index (Phi) is 10.4. The molecule has 0 amide bonds. The van der Waals surface area contributed by atoms with Crippen molar-refractivity contribution in [2.75, 3.05) is 12.3 Å². The molecule has 4 N–H and O–H groups in total. The fourth-order valence-corrected chi connectivity index (χ4v) is 1.16. The van der Waals surface area contributed by atoms with Crippen molar-refractivity contribution >= 4 is 10.1 Å². The zero-order valence-electron chi connectivity index (χ0n) is 7.19. The molecule has 0 fully saturated rings. The van der Waals surface area contributed by atoms with Crippen molar-refractivity contribution in [2.45, 2.75) is 18.9 Å². The van der Waals surface area contributed by atoms with Gasteiger partial charge in [-0.3, -0.25) is 0 Å². The summed E-state index contributed by atoms with van der Waals surface area (Å²) in [5, 5.41) is 0. The molecule has 0 saturated heterocycles. The summed E-state index contributed by atoms with van der Waals surface area (Å²) in [5.74, 6) is -0.347. The van der Waals surface area contributed by atoms with E-state index in [2.05, 4.69) is 0 Å². The molecule has 1 atom stereocenters. The van der Waals surface area contributed by atoms with Crippen LogP contribution in [0.25, 0.3) is 0 Å². The Morgan fingerprint density at radius 1 is 1.42 bits per heavy atom. The SMILES string of the molecule is NCC(N)CCCS(=O)(=O)[O-].[K+]. The van der Waals surface area contributed by atoms with Crippen molar-refractivity contribution < 1.29 is 64.4 Å². The maximum absolute atomic E-state index is 10.1. The monoisotopic (exact) mass is 220 g/mol. The van der Waals surface area contributed by atoms with E-state index in [0.717, 1.165) is 0 Å². The summed E-state index contributed by atoms with van der Waals surface area (Å²) in [6.45, 7) is 0.318. The van der Waals surface area contributed by atoms with Gasteiger partial charge in [-0.05, 0) is 12.8 Å². The van der Waals surface area contributed by atoms with E-state index < -0.39 is 10.1 Å². The summed E-state index contributed by atoms with van der Waals surface area (Å²) in [4.78, 5) is 0. The summed E-state index contributed by atoms with van der Waals surface area (Å²) in [6, 6.07) is -0.197. The second kappa shape index (κ2) is 7.83. The van der Waals surface area contributed by atoms with Crippen LogP contribution < -0.4 is 62.9 Å². The molecule has 0 aromatic carbocycles.